The van der Waals surface area contributed by atoms with Crippen molar-refractivity contribution in [3.63, 3.8) is 0 Å². The lowest BCUT2D eigenvalue weighted by atomic mass is 9.95. The predicted octanol–water partition coefficient (Wildman–Crippen LogP) is 5.65. The van der Waals surface area contributed by atoms with Gasteiger partial charge in [0.15, 0.2) is 0 Å². The molecule has 1 aliphatic carbocycles. The van der Waals surface area contributed by atoms with Gasteiger partial charge in [0.2, 0.25) is 0 Å². The summed E-state index contributed by atoms with van der Waals surface area (Å²) in [5.74, 6) is 1.34. The number of aromatic nitrogens is 6. The van der Waals surface area contributed by atoms with E-state index in [1.165, 1.54) is 22.1 Å². The molecule has 0 saturated heterocycles. The van der Waals surface area contributed by atoms with Crippen LogP contribution < -0.4 is 5.32 Å². The fourth-order valence-corrected chi connectivity index (χ4v) is 5.92. The Morgan fingerprint density at radius 3 is 2.94 bits per heavy atom. The van der Waals surface area contributed by atoms with E-state index in [1.54, 1.807) is 29.8 Å². The van der Waals surface area contributed by atoms with E-state index in [-0.39, 0.29) is 5.02 Å². The summed E-state index contributed by atoms with van der Waals surface area (Å²) < 4.78 is 17.8. The van der Waals surface area contributed by atoms with Crippen LogP contribution in [0.2, 0.25) is 5.02 Å². The van der Waals surface area contributed by atoms with Gasteiger partial charge in [0.05, 0.1) is 22.6 Å². The van der Waals surface area contributed by atoms with Crippen molar-refractivity contribution >= 4 is 44.7 Å². The summed E-state index contributed by atoms with van der Waals surface area (Å²) in [6.45, 7) is 3.74. The Kier molecular flexibility index (Phi) is 5.30. The van der Waals surface area contributed by atoms with Crippen molar-refractivity contribution in [3.05, 3.63) is 71.0 Å². The number of rotatable bonds is 6. The minimum atomic E-state index is -0.448. The van der Waals surface area contributed by atoms with E-state index in [0.717, 1.165) is 54.1 Å². The molecule has 5 aromatic rings. The number of thiophene rings is 1. The van der Waals surface area contributed by atoms with Gasteiger partial charge < -0.3 is 9.88 Å². The third-order valence-electron chi connectivity index (χ3n) is 6.15. The molecule has 0 fully saturated rings. The summed E-state index contributed by atoms with van der Waals surface area (Å²) in [5.41, 5.74) is 4.20. The Hall–Kier alpha value is -3.30. The molecule has 4 aromatic heterocycles. The SMILES string of the molecule is CCc1nccn1CCn1cc2c(n1)CCc1c-2sc2ncnc(Nc3ccc(F)c(Cl)c3)c12. The fourth-order valence-electron chi connectivity index (χ4n) is 4.51. The second kappa shape index (κ2) is 8.48. The molecule has 0 unspecified atom stereocenters. The van der Waals surface area contributed by atoms with Crippen molar-refractivity contribution < 1.29 is 4.39 Å². The van der Waals surface area contributed by atoms with E-state index in [4.69, 9.17) is 16.7 Å². The van der Waals surface area contributed by atoms with Crippen LogP contribution in [-0.4, -0.2) is 29.3 Å². The normalized spacial score (nSPS) is 12.7. The van der Waals surface area contributed by atoms with Gasteiger partial charge in [0, 0.05) is 47.7 Å². The van der Waals surface area contributed by atoms with E-state index in [0.29, 0.717) is 11.5 Å². The summed E-state index contributed by atoms with van der Waals surface area (Å²) in [7, 11) is 0. The molecule has 0 radical (unpaired) electrons. The van der Waals surface area contributed by atoms with Crippen LogP contribution in [0.1, 0.15) is 24.0 Å². The van der Waals surface area contributed by atoms with Gasteiger partial charge in [0.25, 0.3) is 0 Å². The quantitative estimate of drug-likeness (QED) is 0.331. The van der Waals surface area contributed by atoms with Gasteiger partial charge in [-0.25, -0.2) is 19.3 Å². The highest BCUT2D eigenvalue weighted by molar-refractivity contribution is 7.22. The van der Waals surface area contributed by atoms with Crippen molar-refractivity contribution in [2.24, 2.45) is 0 Å². The third-order valence-corrected chi connectivity index (χ3v) is 7.61. The van der Waals surface area contributed by atoms with E-state index in [1.807, 2.05) is 17.1 Å². The van der Waals surface area contributed by atoms with E-state index in [9.17, 15) is 4.39 Å². The van der Waals surface area contributed by atoms with Crippen LogP contribution in [-0.2, 0) is 32.4 Å². The second-order valence-corrected chi connectivity index (χ2v) is 9.62. The molecule has 0 aliphatic heterocycles. The van der Waals surface area contributed by atoms with E-state index < -0.39 is 5.82 Å². The van der Waals surface area contributed by atoms with Gasteiger partial charge in [-0.05, 0) is 36.6 Å². The molecule has 6 rings (SSSR count). The van der Waals surface area contributed by atoms with Gasteiger partial charge >= 0.3 is 0 Å². The number of hydrogen-bond acceptors (Lipinski definition) is 6. The van der Waals surface area contributed by atoms with Crippen LogP contribution in [0.15, 0.2) is 43.1 Å². The van der Waals surface area contributed by atoms with Gasteiger partial charge in [-0.15, -0.1) is 11.3 Å². The first kappa shape index (κ1) is 21.2. The van der Waals surface area contributed by atoms with Crippen molar-refractivity contribution in [3.8, 4) is 10.4 Å². The minimum Gasteiger partial charge on any atom is -0.340 e. The molecule has 4 heterocycles. The molecule has 7 nitrogen and oxygen atoms in total. The van der Waals surface area contributed by atoms with Crippen LogP contribution in [0.25, 0.3) is 20.7 Å². The number of nitrogens with zero attached hydrogens (tertiary/aromatic N) is 6. The third kappa shape index (κ3) is 3.65. The highest BCUT2D eigenvalue weighted by atomic mass is 35.5. The highest BCUT2D eigenvalue weighted by Crippen LogP contribution is 2.45. The lowest BCUT2D eigenvalue weighted by Crippen LogP contribution is -2.10. The smallest absolute Gasteiger partial charge is 0.142 e. The predicted molar refractivity (Wildman–Crippen MR) is 132 cm³/mol. The Morgan fingerprint density at radius 2 is 2.09 bits per heavy atom. The van der Waals surface area contributed by atoms with Gasteiger partial charge in [0.1, 0.15) is 28.6 Å². The van der Waals surface area contributed by atoms with Crippen LogP contribution in [0.4, 0.5) is 15.9 Å². The Morgan fingerprint density at radius 1 is 1.18 bits per heavy atom. The Bertz CT molecular complexity index is 1520. The maximum Gasteiger partial charge on any atom is 0.142 e. The zero-order valence-corrected chi connectivity index (χ0v) is 20.0. The molecule has 0 atom stereocenters. The van der Waals surface area contributed by atoms with Gasteiger partial charge in [-0.1, -0.05) is 18.5 Å². The zero-order valence-electron chi connectivity index (χ0n) is 18.4. The highest BCUT2D eigenvalue weighted by Gasteiger charge is 2.26. The first-order valence-electron chi connectivity index (χ1n) is 11.2. The monoisotopic (exact) mass is 493 g/mol. The molecule has 0 spiro atoms. The largest absolute Gasteiger partial charge is 0.340 e. The van der Waals surface area contributed by atoms with Crippen LogP contribution >= 0.6 is 22.9 Å². The number of hydrogen-bond donors (Lipinski definition) is 1. The topological polar surface area (TPSA) is 73.5 Å². The van der Waals surface area contributed by atoms with Crippen molar-refractivity contribution in [2.45, 2.75) is 39.3 Å². The summed E-state index contributed by atoms with van der Waals surface area (Å²) in [4.78, 5) is 15.5. The number of anilines is 2. The molecule has 34 heavy (non-hydrogen) atoms. The van der Waals surface area contributed by atoms with E-state index in [2.05, 4.69) is 38.0 Å². The molecule has 10 heteroatoms. The van der Waals surface area contributed by atoms with Gasteiger partial charge in [-0.2, -0.15) is 5.10 Å². The van der Waals surface area contributed by atoms with Crippen LogP contribution in [0.5, 0.6) is 0 Å². The van der Waals surface area contributed by atoms with Crippen LogP contribution in [0.3, 0.4) is 0 Å². The maximum atomic E-state index is 13.6. The number of aryl methyl sites for hydroxylation is 5. The molecular formula is C24H21ClFN7S. The number of fused-ring (bicyclic) bond motifs is 5. The summed E-state index contributed by atoms with van der Waals surface area (Å²) in [6.07, 6.45) is 10.2. The van der Waals surface area contributed by atoms with E-state index >= 15 is 0 Å². The Balaban J connectivity index is 1.33. The molecule has 0 amide bonds. The van der Waals surface area contributed by atoms with Crippen molar-refractivity contribution in [2.75, 3.05) is 5.32 Å². The molecule has 0 bridgehead atoms. The molecule has 1 aliphatic rings. The molecule has 1 aromatic carbocycles. The van der Waals surface area contributed by atoms with Gasteiger partial charge in [-0.3, -0.25) is 4.68 Å². The Labute approximate surface area is 204 Å². The van der Waals surface area contributed by atoms with Crippen LogP contribution in [0, 0.1) is 5.82 Å². The number of benzene rings is 1. The lowest BCUT2D eigenvalue weighted by Gasteiger charge is -2.12. The molecule has 0 saturated carbocycles. The summed E-state index contributed by atoms with van der Waals surface area (Å²) >= 11 is 7.63. The maximum absolute atomic E-state index is 13.6. The average molecular weight is 494 g/mol. The first-order chi connectivity index (χ1) is 16.6. The molecule has 1 N–H and O–H groups in total. The first-order valence-corrected chi connectivity index (χ1v) is 12.3. The molecule has 172 valence electrons. The number of nitrogens with one attached hydrogen (secondary N) is 1. The van der Waals surface area contributed by atoms with Crippen molar-refractivity contribution in [1.82, 2.24) is 29.3 Å². The molecular weight excluding hydrogens is 473 g/mol. The zero-order chi connectivity index (χ0) is 23.2. The number of halogens is 2. The summed E-state index contributed by atoms with van der Waals surface area (Å²) in [5, 5.41) is 9.25. The fraction of sp³-hybridized carbons (Fsp3) is 0.250. The summed E-state index contributed by atoms with van der Waals surface area (Å²) in [6, 6.07) is 4.57. The average Bonchev–Trinajstić information content (AvgIpc) is 3.55. The lowest BCUT2D eigenvalue weighted by molar-refractivity contribution is 0.517. The minimum absolute atomic E-state index is 0.0708. The van der Waals surface area contributed by atoms with Crippen molar-refractivity contribution in [1.29, 1.82) is 0 Å². The number of imidazole rings is 1. The standard InChI is InChI=1S/C24H21ClFN7S/c1-2-20-27-7-8-32(20)9-10-33-12-16-19(31-33)6-4-15-21-23(28-13-29-24(21)34-22(15)16)30-14-3-5-18(26)17(25)11-14/h3,5,7-8,11-13H,2,4,6,9-10H2,1H3,(H,28,29,30). The second-order valence-electron chi connectivity index (χ2n) is 8.21.